The number of fused-ring (bicyclic) bond motifs is 2. The van der Waals surface area contributed by atoms with E-state index in [0.29, 0.717) is 6.42 Å². The molecule has 2 aliphatic rings. The fourth-order valence-corrected chi connectivity index (χ4v) is 3.55. The highest BCUT2D eigenvalue weighted by molar-refractivity contribution is 5.73. The number of ether oxygens (including phenoxy) is 1. The van der Waals surface area contributed by atoms with Gasteiger partial charge in [-0.25, -0.2) is 0 Å². The highest BCUT2D eigenvalue weighted by Crippen LogP contribution is 2.63. The van der Waals surface area contributed by atoms with Crippen LogP contribution >= 0.6 is 0 Å². The topological polar surface area (TPSA) is 26.3 Å². The molecule has 2 bridgehead atoms. The van der Waals surface area contributed by atoms with Crippen LogP contribution < -0.4 is 0 Å². The fraction of sp³-hybridized carbons (Fsp3) is 0.800. The van der Waals surface area contributed by atoms with E-state index in [0.717, 1.165) is 0 Å². The molecule has 114 valence electrons. The second-order valence-electron chi connectivity index (χ2n) is 6.47. The summed E-state index contributed by atoms with van der Waals surface area (Å²) in [4.78, 5) is 12.0. The van der Waals surface area contributed by atoms with Gasteiger partial charge < -0.3 is 4.74 Å². The molecule has 1 fully saturated rings. The highest BCUT2D eigenvalue weighted by atomic mass is 19.4. The van der Waals surface area contributed by atoms with Crippen molar-refractivity contribution in [2.24, 2.45) is 29.1 Å². The van der Waals surface area contributed by atoms with E-state index in [2.05, 4.69) is 0 Å². The molecular weight excluding hydrogens is 269 g/mol. The Hall–Kier alpha value is -1.00. The van der Waals surface area contributed by atoms with Crippen molar-refractivity contribution in [3.8, 4) is 0 Å². The van der Waals surface area contributed by atoms with E-state index < -0.39 is 29.4 Å². The number of halogens is 3. The molecule has 2 nitrogen and oxygen atoms in total. The summed E-state index contributed by atoms with van der Waals surface area (Å²) in [5, 5.41) is 0. The van der Waals surface area contributed by atoms with E-state index in [4.69, 9.17) is 4.74 Å². The Balaban J connectivity index is 2.21. The number of esters is 1. The Morgan fingerprint density at radius 2 is 2.00 bits per heavy atom. The molecule has 20 heavy (non-hydrogen) atoms. The van der Waals surface area contributed by atoms with Crippen LogP contribution in [0.15, 0.2) is 12.2 Å². The molecule has 0 radical (unpaired) electrons. The number of hydrogen-bond donors (Lipinski definition) is 0. The van der Waals surface area contributed by atoms with Crippen LogP contribution in [0.5, 0.6) is 0 Å². The van der Waals surface area contributed by atoms with Gasteiger partial charge in [0.05, 0.1) is 17.9 Å². The normalized spacial score (nSPS) is 33.8. The molecule has 0 aromatic carbocycles. The maximum Gasteiger partial charge on any atom is 0.395 e. The number of rotatable bonds is 4. The van der Waals surface area contributed by atoms with Crippen LogP contribution in [0.1, 0.15) is 33.6 Å². The summed E-state index contributed by atoms with van der Waals surface area (Å²) in [5.74, 6) is -2.40. The summed E-state index contributed by atoms with van der Waals surface area (Å²) < 4.78 is 46.0. The molecule has 0 aromatic heterocycles. The molecule has 4 atom stereocenters. The third kappa shape index (κ3) is 2.35. The number of carbonyl (C=O) groups is 1. The van der Waals surface area contributed by atoms with Crippen molar-refractivity contribution in [3.63, 3.8) is 0 Å². The summed E-state index contributed by atoms with van der Waals surface area (Å²) in [7, 11) is 0. The molecular formula is C15H21F3O2. The number of alkyl halides is 3. The van der Waals surface area contributed by atoms with Crippen LogP contribution in [0, 0.1) is 29.1 Å². The third-order valence-electron chi connectivity index (χ3n) is 4.65. The van der Waals surface area contributed by atoms with Crippen molar-refractivity contribution in [2.75, 3.05) is 6.61 Å². The molecule has 2 aliphatic carbocycles. The second-order valence-corrected chi connectivity index (χ2v) is 6.47. The van der Waals surface area contributed by atoms with Crippen molar-refractivity contribution >= 4 is 5.97 Å². The Morgan fingerprint density at radius 1 is 1.35 bits per heavy atom. The highest BCUT2D eigenvalue weighted by Gasteiger charge is 2.67. The van der Waals surface area contributed by atoms with Crippen molar-refractivity contribution in [1.29, 1.82) is 0 Å². The van der Waals surface area contributed by atoms with Gasteiger partial charge in [0.25, 0.3) is 0 Å². The molecule has 0 aromatic rings. The maximum absolute atomic E-state index is 13.6. The standard InChI is InChI=1S/C15H21F3O2/c1-9(2)8-20-13(19)10(3)14(15(16,17)18)7-11-4-5-12(14)6-11/h4-5,9-12H,6-8H2,1-3H3. The molecule has 0 N–H and O–H groups in total. The smallest absolute Gasteiger partial charge is 0.395 e. The molecule has 4 unspecified atom stereocenters. The van der Waals surface area contributed by atoms with E-state index in [9.17, 15) is 18.0 Å². The Kier molecular flexibility index (Phi) is 3.91. The Morgan fingerprint density at radius 3 is 2.40 bits per heavy atom. The SMILES string of the molecule is CC(C)COC(=O)C(C)C1(C(F)(F)F)CC2C=CC1C2. The number of carbonyl (C=O) groups excluding carboxylic acids is 1. The quantitative estimate of drug-likeness (QED) is 0.578. The van der Waals surface area contributed by atoms with Crippen LogP contribution in [-0.2, 0) is 9.53 Å². The monoisotopic (exact) mass is 290 g/mol. The van der Waals surface area contributed by atoms with E-state index in [1.807, 2.05) is 19.9 Å². The number of allylic oxidation sites excluding steroid dienone is 2. The molecule has 0 heterocycles. The first-order chi connectivity index (χ1) is 9.18. The van der Waals surface area contributed by atoms with Crippen LogP contribution in [0.4, 0.5) is 13.2 Å². The largest absolute Gasteiger partial charge is 0.465 e. The molecule has 1 saturated carbocycles. The lowest BCUT2D eigenvalue weighted by atomic mass is 9.66. The summed E-state index contributed by atoms with van der Waals surface area (Å²) in [6.07, 6.45) is -0.390. The van der Waals surface area contributed by atoms with E-state index >= 15 is 0 Å². The van der Waals surface area contributed by atoms with Crippen molar-refractivity contribution < 1.29 is 22.7 Å². The first-order valence-corrected chi connectivity index (χ1v) is 7.10. The molecule has 0 aliphatic heterocycles. The van der Waals surface area contributed by atoms with E-state index in [1.165, 1.54) is 6.92 Å². The van der Waals surface area contributed by atoms with Crippen molar-refractivity contribution in [1.82, 2.24) is 0 Å². The third-order valence-corrected chi connectivity index (χ3v) is 4.65. The minimum Gasteiger partial charge on any atom is -0.465 e. The molecule has 0 saturated heterocycles. The maximum atomic E-state index is 13.6. The van der Waals surface area contributed by atoms with Gasteiger partial charge in [0.2, 0.25) is 0 Å². The van der Waals surface area contributed by atoms with Crippen molar-refractivity contribution in [3.05, 3.63) is 12.2 Å². The van der Waals surface area contributed by atoms with Gasteiger partial charge in [-0.2, -0.15) is 13.2 Å². The van der Waals surface area contributed by atoms with Gasteiger partial charge >= 0.3 is 12.1 Å². The van der Waals surface area contributed by atoms with Crippen LogP contribution in [0.2, 0.25) is 0 Å². The van der Waals surface area contributed by atoms with Crippen LogP contribution in [0.3, 0.4) is 0 Å². The van der Waals surface area contributed by atoms with Crippen LogP contribution in [0.25, 0.3) is 0 Å². The summed E-state index contributed by atoms with van der Waals surface area (Å²) >= 11 is 0. The van der Waals surface area contributed by atoms with E-state index in [-0.39, 0.29) is 24.9 Å². The number of hydrogen-bond acceptors (Lipinski definition) is 2. The van der Waals surface area contributed by atoms with Gasteiger partial charge in [-0.05, 0) is 30.6 Å². The zero-order valence-electron chi connectivity index (χ0n) is 12.0. The zero-order valence-corrected chi connectivity index (χ0v) is 12.0. The van der Waals surface area contributed by atoms with Gasteiger partial charge in [-0.1, -0.05) is 32.9 Å². The van der Waals surface area contributed by atoms with Gasteiger partial charge in [-0.15, -0.1) is 0 Å². The molecule has 2 rings (SSSR count). The first-order valence-electron chi connectivity index (χ1n) is 7.10. The second kappa shape index (κ2) is 5.08. The average Bonchev–Trinajstić information content (AvgIpc) is 2.94. The van der Waals surface area contributed by atoms with Gasteiger partial charge in [0.1, 0.15) is 0 Å². The molecule has 5 heteroatoms. The Bertz CT molecular complexity index is 414. The van der Waals surface area contributed by atoms with E-state index in [1.54, 1.807) is 6.08 Å². The summed E-state index contributed by atoms with van der Waals surface area (Å²) in [5.41, 5.74) is -1.94. The van der Waals surface area contributed by atoms with Gasteiger partial charge in [0.15, 0.2) is 0 Å². The summed E-state index contributed by atoms with van der Waals surface area (Å²) in [6.45, 7) is 5.25. The minimum atomic E-state index is -4.38. The zero-order chi connectivity index (χ0) is 15.1. The first kappa shape index (κ1) is 15.4. The lowest BCUT2D eigenvalue weighted by Gasteiger charge is -2.41. The van der Waals surface area contributed by atoms with Gasteiger partial charge in [0, 0.05) is 0 Å². The fourth-order valence-electron chi connectivity index (χ4n) is 3.55. The van der Waals surface area contributed by atoms with Crippen LogP contribution in [-0.4, -0.2) is 18.8 Å². The molecule has 0 spiro atoms. The Labute approximate surface area is 117 Å². The average molecular weight is 290 g/mol. The predicted molar refractivity (Wildman–Crippen MR) is 68.8 cm³/mol. The predicted octanol–water partition coefficient (Wildman–Crippen LogP) is 3.97. The lowest BCUT2D eigenvalue weighted by Crippen LogP contribution is -2.49. The lowest BCUT2D eigenvalue weighted by molar-refractivity contribution is -0.253. The van der Waals surface area contributed by atoms with Gasteiger partial charge in [-0.3, -0.25) is 4.79 Å². The molecule has 0 amide bonds. The summed E-state index contributed by atoms with van der Waals surface area (Å²) in [6, 6.07) is 0. The van der Waals surface area contributed by atoms with Crippen molar-refractivity contribution in [2.45, 2.75) is 39.8 Å². The minimum absolute atomic E-state index is 0.00954.